The van der Waals surface area contributed by atoms with Gasteiger partial charge in [-0.05, 0) is 26.7 Å². The minimum absolute atomic E-state index is 0.0403. The van der Waals surface area contributed by atoms with Gasteiger partial charge in [-0.1, -0.05) is 12.2 Å². The maximum Gasteiger partial charge on any atom is 0.417 e. The summed E-state index contributed by atoms with van der Waals surface area (Å²) in [6.45, 7) is 10.5. The van der Waals surface area contributed by atoms with Crippen molar-refractivity contribution in [3.63, 3.8) is 0 Å². The van der Waals surface area contributed by atoms with Crippen LogP contribution in [0.25, 0.3) is 0 Å². The zero-order valence-electron chi connectivity index (χ0n) is 13.7. The van der Waals surface area contributed by atoms with E-state index in [0.717, 1.165) is 5.57 Å². The summed E-state index contributed by atoms with van der Waals surface area (Å²) in [7, 11) is 0. The molecule has 3 fully saturated rings. The van der Waals surface area contributed by atoms with Gasteiger partial charge in [0, 0.05) is 18.9 Å². The number of rotatable bonds is 3. The Labute approximate surface area is 135 Å². The number of hydrogen-bond acceptors (Lipinski definition) is 5. The summed E-state index contributed by atoms with van der Waals surface area (Å²) in [4.78, 5) is 39.2. The van der Waals surface area contributed by atoms with Crippen molar-refractivity contribution in [1.82, 2.24) is 9.80 Å². The SMILES string of the molecule is C=C(C)[C@H]1CN2C(=O)OC[C@@H]2[C@H]1CC(=O)N1C(=O)OCC1(C)C. The molecule has 3 saturated heterocycles. The van der Waals surface area contributed by atoms with Crippen molar-refractivity contribution in [3.8, 4) is 0 Å². The molecule has 3 rings (SSSR count). The lowest BCUT2D eigenvalue weighted by Crippen LogP contribution is -2.47. The van der Waals surface area contributed by atoms with Crippen molar-refractivity contribution in [1.29, 1.82) is 0 Å². The maximum absolute atomic E-state index is 12.7. The first-order chi connectivity index (χ1) is 10.7. The van der Waals surface area contributed by atoms with Crippen LogP contribution in [0, 0.1) is 11.8 Å². The van der Waals surface area contributed by atoms with E-state index in [1.807, 2.05) is 6.92 Å². The van der Waals surface area contributed by atoms with Crippen LogP contribution in [0.4, 0.5) is 9.59 Å². The zero-order chi connectivity index (χ0) is 16.9. The lowest BCUT2D eigenvalue weighted by molar-refractivity contribution is -0.132. The Balaban J connectivity index is 1.80. The Morgan fingerprint density at radius 3 is 2.57 bits per heavy atom. The molecule has 3 heterocycles. The van der Waals surface area contributed by atoms with E-state index in [0.29, 0.717) is 6.54 Å². The summed E-state index contributed by atoms with van der Waals surface area (Å²) in [6.07, 6.45) is -0.758. The molecule has 0 unspecified atom stereocenters. The highest BCUT2D eigenvalue weighted by molar-refractivity contribution is 5.94. The smallest absolute Gasteiger partial charge is 0.417 e. The van der Waals surface area contributed by atoms with Crippen LogP contribution in [0.2, 0.25) is 0 Å². The van der Waals surface area contributed by atoms with Crippen molar-refractivity contribution in [3.05, 3.63) is 12.2 Å². The van der Waals surface area contributed by atoms with E-state index in [2.05, 4.69) is 6.58 Å². The molecule has 7 nitrogen and oxygen atoms in total. The van der Waals surface area contributed by atoms with Gasteiger partial charge in [0.2, 0.25) is 5.91 Å². The van der Waals surface area contributed by atoms with E-state index in [-0.39, 0.29) is 49.5 Å². The standard InChI is InChI=1S/C16H22N2O5/c1-9(2)11-6-17-12(7-22-14(17)20)10(11)5-13(19)18-15(21)23-8-16(18,3)4/h10-12H,1,5-8H2,2-4H3/t10-,11+,12+/m0/s1. The summed E-state index contributed by atoms with van der Waals surface area (Å²) in [5.74, 6) is -0.316. The third-order valence-electron chi connectivity index (χ3n) is 5.05. The molecule has 0 aliphatic carbocycles. The summed E-state index contributed by atoms with van der Waals surface area (Å²) in [6, 6.07) is -0.130. The van der Waals surface area contributed by atoms with E-state index >= 15 is 0 Å². The van der Waals surface area contributed by atoms with Gasteiger partial charge in [-0.3, -0.25) is 4.79 Å². The molecule has 0 bridgehead atoms. The second-order valence-electron chi connectivity index (χ2n) is 7.21. The molecule has 0 radical (unpaired) electrons. The Morgan fingerprint density at radius 1 is 1.30 bits per heavy atom. The van der Waals surface area contributed by atoms with Crippen LogP contribution in [-0.2, 0) is 14.3 Å². The van der Waals surface area contributed by atoms with Crippen molar-refractivity contribution in [2.45, 2.75) is 38.8 Å². The maximum atomic E-state index is 12.7. The van der Waals surface area contributed by atoms with Crippen LogP contribution in [0.1, 0.15) is 27.2 Å². The van der Waals surface area contributed by atoms with Crippen molar-refractivity contribution < 1.29 is 23.9 Å². The van der Waals surface area contributed by atoms with E-state index in [9.17, 15) is 14.4 Å². The van der Waals surface area contributed by atoms with Crippen LogP contribution in [0.3, 0.4) is 0 Å². The van der Waals surface area contributed by atoms with Crippen LogP contribution < -0.4 is 0 Å². The Morgan fingerprint density at radius 2 is 2.00 bits per heavy atom. The quantitative estimate of drug-likeness (QED) is 0.740. The average molecular weight is 322 g/mol. The van der Waals surface area contributed by atoms with Crippen LogP contribution in [0.15, 0.2) is 12.2 Å². The second-order valence-corrected chi connectivity index (χ2v) is 7.21. The molecule has 126 valence electrons. The molecule has 0 spiro atoms. The Kier molecular flexibility index (Phi) is 3.61. The number of ether oxygens (including phenoxy) is 2. The molecule has 3 aliphatic rings. The molecular weight excluding hydrogens is 300 g/mol. The predicted octanol–water partition coefficient (Wildman–Crippen LogP) is 1.78. The monoisotopic (exact) mass is 322 g/mol. The third-order valence-corrected chi connectivity index (χ3v) is 5.05. The number of fused-ring (bicyclic) bond motifs is 1. The van der Waals surface area contributed by atoms with Gasteiger partial charge in [0.15, 0.2) is 0 Å². The van der Waals surface area contributed by atoms with Crippen LogP contribution in [0.5, 0.6) is 0 Å². The number of imide groups is 1. The fourth-order valence-corrected chi connectivity index (χ4v) is 3.79. The topological polar surface area (TPSA) is 76.2 Å². The molecule has 3 aliphatic heterocycles. The first-order valence-electron chi connectivity index (χ1n) is 7.81. The number of nitrogens with zero attached hydrogens (tertiary/aromatic N) is 2. The summed E-state index contributed by atoms with van der Waals surface area (Å²) >= 11 is 0. The highest BCUT2D eigenvalue weighted by Crippen LogP contribution is 2.40. The molecule has 0 aromatic rings. The molecule has 0 aromatic heterocycles. The molecule has 3 amide bonds. The van der Waals surface area contributed by atoms with E-state index in [4.69, 9.17) is 9.47 Å². The average Bonchev–Trinajstić information content (AvgIpc) is 3.06. The largest absolute Gasteiger partial charge is 0.447 e. The van der Waals surface area contributed by atoms with Gasteiger partial charge in [-0.2, -0.15) is 0 Å². The lowest BCUT2D eigenvalue weighted by atomic mass is 9.83. The van der Waals surface area contributed by atoms with Crippen LogP contribution >= 0.6 is 0 Å². The second kappa shape index (κ2) is 5.25. The first kappa shape index (κ1) is 15.8. The molecule has 0 aromatic carbocycles. The Hall–Kier alpha value is -2.05. The minimum atomic E-state index is -0.646. The molecule has 7 heteroatoms. The van der Waals surface area contributed by atoms with Crippen molar-refractivity contribution in [2.75, 3.05) is 19.8 Å². The Bertz CT molecular complexity index is 585. The van der Waals surface area contributed by atoms with Gasteiger partial charge in [-0.25, -0.2) is 14.5 Å². The molecular formula is C16H22N2O5. The fraction of sp³-hybridized carbons (Fsp3) is 0.688. The molecule has 0 N–H and O–H groups in total. The van der Waals surface area contributed by atoms with Gasteiger partial charge >= 0.3 is 12.2 Å². The first-order valence-corrected chi connectivity index (χ1v) is 7.81. The molecule has 0 saturated carbocycles. The van der Waals surface area contributed by atoms with Crippen LogP contribution in [-0.4, -0.2) is 59.2 Å². The van der Waals surface area contributed by atoms with E-state index in [1.165, 1.54) is 4.90 Å². The summed E-state index contributed by atoms with van der Waals surface area (Å²) < 4.78 is 10.1. The predicted molar refractivity (Wildman–Crippen MR) is 80.5 cm³/mol. The summed E-state index contributed by atoms with van der Waals surface area (Å²) in [5.41, 5.74) is 0.293. The van der Waals surface area contributed by atoms with Gasteiger partial charge in [0.25, 0.3) is 0 Å². The number of carbonyl (C=O) groups excluding carboxylic acids is 3. The number of hydrogen-bond donors (Lipinski definition) is 0. The normalized spacial score (nSPS) is 31.9. The van der Waals surface area contributed by atoms with E-state index in [1.54, 1.807) is 18.7 Å². The van der Waals surface area contributed by atoms with Gasteiger partial charge in [0.1, 0.15) is 13.2 Å². The van der Waals surface area contributed by atoms with Gasteiger partial charge in [-0.15, -0.1) is 0 Å². The summed E-state index contributed by atoms with van der Waals surface area (Å²) in [5, 5.41) is 0. The van der Waals surface area contributed by atoms with Gasteiger partial charge < -0.3 is 14.4 Å². The van der Waals surface area contributed by atoms with Gasteiger partial charge in [0.05, 0.1) is 11.6 Å². The van der Waals surface area contributed by atoms with E-state index < -0.39 is 11.6 Å². The number of cyclic esters (lactones) is 2. The van der Waals surface area contributed by atoms with Crippen molar-refractivity contribution >= 4 is 18.1 Å². The number of carbonyl (C=O) groups is 3. The zero-order valence-corrected chi connectivity index (χ0v) is 13.7. The highest BCUT2D eigenvalue weighted by atomic mass is 16.6. The lowest BCUT2D eigenvalue weighted by Gasteiger charge is -2.29. The highest BCUT2D eigenvalue weighted by Gasteiger charge is 2.52. The molecule has 3 atom stereocenters. The molecule has 23 heavy (non-hydrogen) atoms. The fourth-order valence-electron chi connectivity index (χ4n) is 3.79. The number of amides is 3. The van der Waals surface area contributed by atoms with Crippen molar-refractivity contribution in [2.24, 2.45) is 11.8 Å². The third kappa shape index (κ3) is 2.48. The minimum Gasteiger partial charge on any atom is -0.447 e.